The van der Waals surface area contributed by atoms with Gasteiger partial charge in [-0.25, -0.2) is 26.3 Å². The van der Waals surface area contributed by atoms with Gasteiger partial charge >= 0.3 is 12.3 Å². The maximum Gasteiger partial charge on any atom is 0.432 e. The average molecular weight is 757 g/mol. The Balaban J connectivity index is 1.36. The van der Waals surface area contributed by atoms with Crippen molar-refractivity contribution in [2.24, 2.45) is 0 Å². The van der Waals surface area contributed by atoms with E-state index in [4.69, 9.17) is 11.6 Å². The van der Waals surface area contributed by atoms with Crippen LogP contribution in [0.3, 0.4) is 0 Å². The molecular weight excluding hydrogens is 729 g/mol. The molecule has 0 aliphatic carbocycles. The number of aryl methyl sites for hydroxylation is 1. The summed E-state index contributed by atoms with van der Waals surface area (Å²) in [5.41, 5.74) is -4.75. The van der Waals surface area contributed by atoms with Gasteiger partial charge in [-0.3, -0.25) is 0 Å². The SMILES string of the molecule is CCCCCCCc1ccc(-c2cc(F)c(-c3cc(F)c(C(F)(F)Oc4cc(F)c(-c5ccc(C(F)(F)F)c(F)c5)c(Cl)c4)c(F)c3)c(F)c2)cc1. The van der Waals surface area contributed by atoms with Crippen LogP contribution in [0.15, 0.2) is 78.9 Å². The van der Waals surface area contributed by atoms with Crippen LogP contribution in [0.4, 0.5) is 48.3 Å². The molecule has 5 aromatic rings. The second kappa shape index (κ2) is 15.6. The van der Waals surface area contributed by atoms with E-state index in [-0.39, 0.29) is 17.7 Å². The summed E-state index contributed by atoms with van der Waals surface area (Å²) in [5.74, 6) is -10.6. The summed E-state index contributed by atoms with van der Waals surface area (Å²) in [6.45, 7) is 2.13. The fourth-order valence-electron chi connectivity index (χ4n) is 5.79. The molecule has 13 heteroatoms. The Kier molecular flexibility index (Phi) is 11.6. The Labute approximate surface area is 296 Å². The van der Waals surface area contributed by atoms with Crippen molar-refractivity contribution in [2.45, 2.75) is 57.7 Å². The number of unbranched alkanes of at least 4 members (excludes halogenated alkanes) is 4. The van der Waals surface area contributed by atoms with Crippen molar-refractivity contribution in [1.82, 2.24) is 0 Å². The summed E-state index contributed by atoms with van der Waals surface area (Å²) >= 11 is 5.97. The maximum atomic E-state index is 15.3. The molecule has 0 radical (unpaired) electrons. The molecule has 1 nitrogen and oxygen atoms in total. The topological polar surface area (TPSA) is 9.23 Å². The number of hydrogen-bond donors (Lipinski definition) is 0. The average Bonchev–Trinajstić information content (AvgIpc) is 3.03. The van der Waals surface area contributed by atoms with Gasteiger partial charge in [0.2, 0.25) is 0 Å². The van der Waals surface area contributed by atoms with Gasteiger partial charge in [0, 0.05) is 11.6 Å². The number of hydrogen-bond acceptors (Lipinski definition) is 1. The summed E-state index contributed by atoms with van der Waals surface area (Å²) in [6.07, 6.45) is -3.55. The first-order valence-corrected chi connectivity index (χ1v) is 16.4. The molecule has 0 unspecified atom stereocenters. The van der Waals surface area contributed by atoms with E-state index in [1.165, 1.54) is 0 Å². The van der Waals surface area contributed by atoms with Gasteiger partial charge in [-0.05, 0) is 83.1 Å². The molecule has 0 aliphatic rings. The van der Waals surface area contributed by atoms with Crippen LogP contribution < -0.4 is 4.74 Å². The van der Waals surface area contributed by atoms with Crippen molar-refractivity contribution >= 4 is 11.6 Å². The molecule has 5 rings (SSSR count). The zero-order valence-electron chi connectivity index (χ0n) is 27.2. The molecule has 0 saturated carbocycles. The van der Waals surface area contributed by atoms with Gasteiger partial charge in [0.05, 0.1) is 16.1 Å². The van der Waals surface area contributed by atoms with Gasteiger partial charge in [-0.15, -0.1) is 0 Å². The van der Waals surface area contributed by atoms with Gasteiger partial charge in [0.15, 0.2) is 0 Å². The molecule has 0 fully saturated rings. The Morgan fingerprint density at radius 3 is 1.63 bits per heavy atom. The number of ether oxygens (including phenoxy) is 1. The molecule has 0 bridgehead atoms. The first-order valence-electron chi connectivity index (χ1n) is 16.0. The zero-order chi connectivity index (χ0) is 38.0. The van der Waals surface area contributed by atoms with Gasteiger partial charge in [0.25, 0.3) is 0 Å². The van der Waals surface area contributed by atoms with Gasteiger partial charge in [0.1, 0.15) is 46.2 Å². The highest BCUT2D eigenvalue weighted by molar-refractivity contribution is 6.33. The quantitative estimate of drug-likeness (QED) is 0.0910. The monoisotopic (exact) mass is 756 g/mol. The molecule has 274 valence electrons. The van der Waals surface area contributed by atoms with Crippen LogP contribution in [0, 0.1) is 34.9 Å². The van der Waals surface area contributed by atoms with Crippen LogP contribution in [-0.2, 0) is 18.7 Å². The van der Waals surface area contributed by atoms with Crippen LogP contribution in [0.2, 0.25) is 5.02 Å². The van der Waals surface area contributed by atoms with E-state index in [9.17, 15) is 22.0 Å². The molecule has 0 amide bonds. The van der Waals surface area contributed by atoms with E-state index in [2.05, 4.69) is 11.7 Å². The van der Waals surface area contributed by atoms with Gasteiger partial charge < -0.3 is 4.74 Å². The van der Waals surface area contributed by atoms with Crippen LogP contribution in [0.5, 0.6) is 5.75 Å². The summed E-state index contributed by atoms with van der Waals surface area (Å²) in [7, 11) is 0. The standard InChI is InChI=1S/C39H28ClF11O/c1-2-3-4-5-6-7-21-8-10-22(11-9-21)24-15-30(42)36(31(43)16-24)25-17-33(45)37(34(46)18-25)39(50,51)52-26-19-28(40)35(32(44)20-26)23-12-13-27(29(41)14-23)38(47,48)49/h8-20H,2-7H2,1H3. The van der Waals surface area contributed by atoms with Crippen molar-refractivity contribution < 1.29 is 53.0 Å². The third-order valence-electron chi connectivity index (χ3n) is 8.35. The van der Waals surface area contributed by atoms with Crippen molar-refractivity contribution in [3.8, 4) is 39.1 Å². The smallest absolute Gasteiger partial charge is 0.429 e. The third-order valence-corrected chi connectivity index (χ3v) is 8.64. The first kappa shape index (κ1) is 38.6. The highest BCUT2D eigenvalue weighted by Crippen LogP contribution is 2.42. The molecule has 0 atom stereocenters. The number of benzene rings is 5. The van der Waals surface area contributed by atoms with Crippen molar-refractivity contribution in [3.63, 3.8) is 0 Å². The normalized spacial score (nSPS) is 12.0. The lowest BCUT2D eigenvalue weighted by Gasteiger charge is -2.21. The second-order valence-electron chi connectivity index (χ2n) is 12.1. The summed E-state index contributed by atoms with van der Waals surface area (Å²) in [4.78, 5) is 0. The maximum absolute atomic E-state index is 15.3. The lowest BCUT2D eigenvalue weighted by molar-refractivity contribution is -0.189. The van der Waals surface area contributed by atoms with Crippen LogP contribution >= 0.6 is 11.6 Å². The van der Waals surface area contributed by atoms with Crippen molar-refractivity contribution in [1.29, 1.82) is 0 Å². The Bertz CT molecular complexity index is 2010. The van der Waals surface area contributed by atoms with E-state index < -0.39 is 91.3 Å². The molecule has 0 N–H and O–H groups in total. The molecule has 0 saturated heterocycles. The van der Waals surface area contributed by atoms with Crippen molar-refractivity contribution in [3.05, 3.63) is 135 Å². The lowest BCUT2D eigenvalue weighted by atomic mass is 9.96. The fourth-order valence-corrected chi connectivity index (χ4v) is 6.10. The highest BCUT2D eigenvalue weighted by atomic mass is 35.5. The lowest BCUT2D eigenvalue weighted by Crippen LogP contribution is -2.25. The molecule has 5 aromatic carbocycles. The first-order chi connectivity index (χ1) is 24.5. The fraction of sp³-hybridized carbons (Fsp3) is 0.231. The van der Waals surface area contributed by atoms with E-state index in [1.807, 2.05) is 12.1 Å². The van der Waals surface area contributed by atoms with Crippen LogP contribution in [0.1, 0.15) is 55.7 Å². The number of alkyl halides is 5. The van der Waals surface area contributed by atoms with E-state index in [1.54, 1.807) is 12.1 Å². The Morgan fingerprint density at radius 1 is 0.538 bits per heavy atom. The van der Waals surface area contributed by atoms with E-state index in [0.717, 1.165) is 56.2 Å². The van der Waals surface area contributed by atoms with Crippen molar-refractivity contribution in [2.75, 3.05) is 0 Å². The zero-order valence-corrected chi connectivity index (χ0v) is 27.9. The highest BCUT2D eigenvalue weighted by Gasteiger charge is 2.42. The van der Waals surface area contributed by atoms with E-state index >= 15 is 26.3 Å². The predicted octanol–water partition coefficient (Wildman–Crippen LogP) is 13.8. The summed E-state index contributed by atoms with van der Waals surface area (Å²) < 4.78 is 163. The summed E-state index contributed by atoms with van der Waals surface area (Å²) in [6, 6.07) is 11.7. The molecule has 0 heterocycles. The third kappa shape index (κ3) is 8.54. The van der Waals surface area contributed by atoms with Crippen LogP contribution in [-0.4, -0.2) is 0 Å². The molecule has 0 aromatic heterocycles. The largest absolute Gasteiger partial charge is 0.432 e. The van der Waals surface area contributed by atoms with Gasteiger partial charge in [-0.2, -0.15) is 22.0 Å². The summed E-state index contributed by atoms with van der Waals surface area (Å²) in [5, 5.41) is -0.718. The predicted molar refractivity (Wildman–Crippen MR) is 176 cm³/mol. The molecule has 0 spiro atoms. The Hall–Kier alpha value is -4.58. The second-order valence-corrected chi connectivity index (χ2v) is 12.5. The molecule has 52 heavy (non-hydrogen) atoms. The minimum absolute atomic E-state index is 0.131. The Morgan fingerprint density at radius 2 is 1.08 bits per heavy atom. The van der Waals surface area contributed by atoms with Gasteiger partial charge in [-0.1, -0.05) is 74.5 Å². The minimum atomic E-state index is -5.05. The van der Waals surface area contributed by atoms with E-state index in [0.29, 0.717) is 35.9 Å². The minimum Gasteiger partial charge on any atom is -0.429 e. The number of rotatable bonds is 12. The number of halogens is 12. The van der Waals surface area contributed by atoms with Crippen LogP contribution in [0.25, 0.3) is 33.4 Å². The molecule has 0 aliphatic heterocycles. The molecular formula is C39H28ClF11O.